The van der Waals surface area contributed by atoms with Crippen molar-refractivity contribution in [2.45, 2.75) is 31.7 Å². The number of H-pyrrole nitrogens is 1. The molecule has 0 aromatic carbocycles. The molecule has 1 amide bonds. The maximum atomic E-state index is 11.8. The predicted molar refractivity (Wildman–Crippen MR) is 69.3 cm³/mol. The number of nitrogens with one attached hydrogen (secondary N) is 2. The molecule has 1 heterocycles. The highest BCUT2D eigenvalue weighted by atomic mass is 16.2. The van der Waals surface area contributed by atoms with Crippen LogP contribution < -0.4 is 16.5 Å². The summed E-state index contributed by atoms with van der Waals surface area (Å²) in [5.41, 5.74) is 5.90. The van der Waals surface area contributed by atoms with Crippen LogP contribution in [0.4, 0.5) is 0 Å². The predicted octanol–water partition coefficient (Wildman–Crippen LogP) is 0.622. The normalized spacial score (nSPS) is 23.6. The van der Waals surface area contributed by atoms with Gasteiger partial charge in [-0.2, -0.15) is 0 Å². The van der Waals surface area contributed by atoms with Crippen LogP contribution in [0, 0.1) is 5.92 Å². The van der Waals surface area contributed by atoms with Crippen LogP contribution in [0.1, 0.15) is 36.0 Å². The van der Waals surface area contributed by atoms with Gasteiger partial charge >= 0.3 is 0 Å². The highest BCUT2D eigenvalue weighted by Crippen LogP contribution is 2.22. The lowest BCUT2D eigenvalue weighted by Gasteiger charge is -2.28. The lowest BCUT2D eigenvalue weighted by atomic mass is 9.85. The van der Waals surface area contributed by atoms with Gasteiger partial charge in [0.25, 0.3) is 5.91 Å². The summed E-state index contributed by atoms with van der Waals surface area (Å²) in [4.78, 5) is 26.1. The van der Waals surface area contributed by atoms with E-state index >= 15 is 0 Å². The van der Waals surface area contributed by atoms with Crippen LogP contribution in [0.15, 0.2) is 23.3 Å². The first-order valence-corrected chi connectivity index (χ1v) is 6.39. The summed E-state index contributed by atoms with van der Waals surface area (Å²) in [5.74, 6) is 0.000109. The molecule has 18 heavy (non-hydrogen) atoms. The Bertz CT molecular complexity index is 469. The van der Waals surface area contributed by atoms with Gasteiger partial charge in [-0.25, -0.2) is 0 Å². The summed E-state index contributed by atoms with van der Waals surface area (Å²) in [6.45, 7) is 0.550. The summed E-state index contributed by atoms with van der Waals surface area (Å²) in [6.07, 6.45) is 7.35. The van der Waals surface area contributed by atoms with E-state index in [2.05, 4.69) is 10.3 Å². The molecule has 98 valence electrons. The van der Waals surface area contributed by atoms with Crippen LogP contribution in [-0.4, -0.2) is 23.5 Å². The third kappa shape index (κ3) is 2.98. The van der Waals surface area contributed by atoms with Gasteiger partial charge in [0.15, 0.2) is 5.43 Å². The van der Waals surface area contributed by atoms with Crippen molar-refractivity contribution < 1.29 is 4.79 Å². The van der Waals surface area contributed by atoms with Crippen molar-refractivity contribution in [2.75, 3.05) is 6.54 Å². The topological polar surface area (TPSA) is 88.0 Å². The van der Waals surface area contributed by atoms with E-state index in [4.69, 9.17) is 5.73 Å². The van der Waals surface area contributed by atoms with E-state index in [1.165, 1.54) is 31.3 Å². The van der Waals surface area contributed by atoms with Crippen molar-refractivity contribution in [1.82, 2.24) is 10.3 Å². The molecule has 0 spiro atoms. The minimum atomic E-state index is -0.324. The van der Waals surface area contributed by atoms with Gasteiger partial charge in [0, 0.05) is 31.0 Å². The zero-order valence-electron chi connectivity index (χ0n) is 10.3. The molecule has 2 unspecified atom stereocenters. The van der Waals surface area contributed by atoms with E-state index in [-0.39, 0.29) is 22.9 Å². The number of carbonyl (C=O) groups is 1. The molecule has 2 atom stereocenters. The van der Waals surface area contributed by atoms with Crippen molar-refractivity contribution in [3.05, 3.63) is 34.2 Å². The van der Waals surface area contributed by atoms with Gasteiger partial charge in [-0.3, -0.25) is 9.59 Å². The van der Waals surface area contributed by atoms with Crippen LogP contribution in [0.3, 0.4) is 0 Å². The fourth-order valence-electron chi connectivity index (χ4n) is 2.40. The molecule has 0 saturated heterocycles. The lowest BCUT2D eigenvalue weighted by molar-refractivity contribution is 0.0940. The summed E-state index contributed by atoms with van der Waals surface area (Å²) < 4.78 is 0. The monoisotopic (exact) mass is 249 g/mol. The first kappa shape index (κ1) is 12.8. The Morgan fingerprint density at radius 3 is 2.94 bits per heavy atom. The summed E-state index contributed by atoms with van der Waals surface area (Å²) in [6, 6.07) is 1.51. The molecule has 4 N–H and O–H groups in total. The van der Waals surface area contributed by atoms with E-state index < -0.39 is 0 Å². The van der Waals surface area contributed by atoms with Crippen LogP contribution in [0.2, 0.25) is 0 Å². The molecule has 2 rings (SSSR count). The minimum absolute atomic E-state index is 0.155. The third-order valence-electron chi connectivity index (χ3n) is 3.56. The number of pyridine rings is 1. The fourth-order valence-corrected chi connectivity index (χ4v) is 2.40. The molecule has 1 aromatic heterocycles. The number of amides is 1. The van der Waals surface area contributed by atoms with Gasteiger partial charge in [0.1, 0.15) is 5.56 Å². The van der Waals surface area contributed by atoms with Crippen LogP contribution in [0.25, 0.3) is 0 Å². The van der Waals surface area contributed by atoms with Crippen molar-refractivity contribution >= 4 is 5.91 Å². The zero-order chi connectivity index (χ0) is 13.0. The standard InChI is InChI=1S/C13H19N3O2/c14-11-4-2-1-3-9(11)7-16-13(18)10-8-15-6-5-12(10)17/h5-6,8-9,11H,1-4,7,14H2,(H,15,17)(H,16,18). The summed E-state index contributed by atoms with van der Waals surface area (Å²) >= 11 is 0. The van der Waals surface area contributed by atoms with E-state index in [0.717, 1.165) is 12.8 Å². The van der Waals surface area contributed by atoms with Crippen LogP contribution in [0.5, 0.6) is 0 Å². The van der Waals surface area contributed by atoms with E-state index in [1.807, 2.05) is 0 Å². The van der Waals surface area contributed by atoms with Crippen LogP contribution >= 0.6 is 0 Å². The van der Waals surface area contributed by atoms with Gasteiger partial charge in [-0.15, -0.1) is 0 Å². The van der Waals surface area contributed by atoms with Crippen molar-refractivity contribution in [2.24, 2.45) is 11.7 Å². The quantitative estimate of drug-likeness (QED) is 0.734. The van der Waals surface area contributed by atoms with Gasteiger partial charge in [0.2, 0.25) is 0 Å². The Morgan fingerprint density at radius 2 is 2.22 bits per heavy atom. The Hall–Kier alpha value is -1.62. The van der Waals surface area contributed by atoms with E-state index in [1.54, 1.807) is 0 Å². The highest BCUT2D eigenvalue weighted by molar-refractivity contribution is 5.93. The number of hydrogen-bond donors (Lipinski definition) is 3. The number of hydrogen-bond acceptors (Lipinski definition) is 3. The Labute approximate surface area is 106 Å². The number of nitrogens with two attached hydrogens (primary N) is 1. The molecular weight excluding hydrogens is 230 g/mol. The molecule has 1 aromatic rings. The Balaban J connectivity index is 1.92. The average Bonchev–Trinajstić information content (AvgIpc) is 2.38. The molecule has 0 radical (unpaired) electrons. The van der Waals surface area contributed by atoms with Gasteiger partial charge in [-0.05, 0) is 18.8 Å². The third-order valence-corrected chi connectivity index (χ3v) is 3.56. The summed E-state index contributed by atoms with van der Waals surface area (Å²) in [7, 11) is 0. The van der Waals surface area contributed by atoms with Crippen molar-refractivity contribution in [1.29, 1.82) is 0 Å². The molecule has 5 heteroatoms. The average molecular weight is 249 g/mol. The molecule has 0 bridgehead atoms. The number of carbonyl (C=O) groups excluding carboxylic acids is 1. The van der Waals surface area contributed by atoms with Gasteiger partial charge < -0.3 is 16.0 Å². The fraction of sp³-hybridized carbons (Fsp3) is 0.538. The molecule has 1 saturated carbocycles. The smallest absolute Gasteiger partial charge is 0.256 e. The Kier molecular flexibility index (Phi) is 4.15. The lowest BCUT2D eigenvalue weighted by Crippen LogP contribution is -2.41. The van der Waals surface area contributed by atoms with Gasteiger partial charge in [-0.1, -0.05) is 12.8 Å². The first-order chi connectivity index (χ1) is 8.68. The first-order valence-electron chi connectivity index (χ1n) is 6.39. The maximum absolute atomic E-state index is 11.8. The summed E-state index contributed by atoms with van der Waals surface area (Å²) in [5, 5.41) is 2.80. The van der Waals surface area contributed by atoms with Crippen molar-refractivity contribution in [3.63, 3.8) is 0 Å². The molecule has 1 aliphatic carbocycles. The van der Waals surface area contributed by atoms with Gasteiger partial charge in [0.05, 0.1) is 0 Å². The Morgan fingerprint density at radius 1 is 1.44 bits per heavy atom. The molecule has 1 fully saturated rings. The largest absolute Gasteiger partial charge is 0.367 e. The minimum Gasteiger partial charge on any atom is -0.367 e. The second kappa shape index (κ2) is 5.82. The van der Waals surface area contributed by atoms with E-state index in [0.29, 0.717) is 12.5 Å². The molecule has 1 aliphatic rings. The van der Waals surface area contributed by atoms with E-state index in [9.17, 15) is 9.59 Å². The van der Waals surface area contributed by atoms with Crippen LogP contribution in [-0.2, 0) is 0 Å². The second-order valence-corrected chi connectivity index (χ2v) is 4.84. The molecule has 5 nitrogen and oxygen atoms in total. The number of aromatic nitrogens is 1. The number of rotatable bonds is 3. The number of aromatic amines is 1. The molecule has 0 aliphatic heterocycles. The molecular formula is C13H19N3O2. The SMILES string of the molecule is NC1CCCCC1CNC(=O)c1c[nH]ccc1=O. The van der Waals surface area contributed by atoms with Crippen molar-refractivity contribution in [3.8, 4) is 0 Å². The zero-order valence-corrected chi connectivity index (χ0v) is 10.3. The second-order valence-electron chi connectivity index (χ2n) is 4.84. The highest BCUT2D eigenvalue weighted by Gasteiger charge is 2.22. The maximum Gasteiger partial charge on any atom is 0.256 e.